The SMILES string of the molecule is CC(C)(C)OC(=O)N1CCN(Cc2nc3ccccc3c(=O)n2-c2ccccc2C(F)(F)F)CC1. The third kappa shape index (κ3) is 5.48. The summed E-state index contributed by atoms with van der Waals surface area (Å²) in [5.41, 5.74) is -1.92. The van der Waals surface area contributed by atoms with Crippen molar-refractivity contribution in [2.24, 2.45) is 0 Å². The second-order valence-electron chi connectivity index (χ2n) is 9.44. The molecule has 1 fully saturated rings. The van der Waals surface area contributed by atoms with Crippen LogP contribution in [0.3, 0.4) is 0 Å². The second kappa shape index (κ2) is 9.33. The standard InChI is InChI=1S/C25H27F3N4O3/c1-24(2,3)35-23(34)31-14-12-30(13-15-31)16-21-29-19-10-6-4-8-17(19)22(33)32(21)20-11-7-5-9-18(20)25(26,27)28/h4-11H,12-16H2,1-3H3. The molecule has 0 saturated carbocycles. The van der Waals surface area contributed by atoms with Crippen molar-refractivity contribution in [3.05, 3.63) is 70.3 Å². The molecule has 0 spiro atoms. The average molecular weight is 489 g/mol. The van der Waals surface area contributed by atoms with Crippen LogP contribution in [0.2, 0.25) is 0 Å². The molecule has 1 amide bonds. The molecule has 10 heteroatoms. The molecule has 4 rings (SSSR count). The maximum atomic E-state index is 13.8. The highest BCUT2D eigenvalue weighted by molar-refractivity contribution is 5.78. The van der Waals surface area contributed by atoms with E-state index in [9.17, 15) is 22.8 Å². The number of hydrogen-bond acceptors (Lipinski definition) is 5. The number of carbonyl (C=O) groups is 1. The summed E-state index contributed by atoms with van der Waals surface area (Å²) in [6, 6.07) is 11.6. The van der Waals surface area contributed by atoms with Gasteiger partial charge in [-0.25, -0.2) is 9.78 Å². The van der Waals surface area contributed by atoms with Gasteiger partial charge < -0.3 is 9.64 Å². The van der Waals surface area contributed by atoms with Crippen LogP contribution in [0.15, 0.2) is 53.3 Å². The molecule has 0 aliphatic carbocycles. The van der Waals surface area contributed by atoms with Crippen LogP contribution in [0.1, 0.15) is 32.2 Å². The predicted octanol–water partition coefficient (Wildman–Crippen LogP) is 4.46. The van der Waals surface area contributed by atoms with Crippen LogP contribution in [0.25, 0.3) is 16.6 Å². The Morgan fingerprint density at radius 1 is 0.971 bits per heavy atom. The minimum absolute atomic E-state index is 0.147. The molecule has 3 aromatic rings. The molecule has 0 N–H and O–H groups in total. The molecule has 2 aromatic carbocycles. The zero-order valence-electron chi connectivity index (χ0n) is 19.8. The van der Waals surface area contributed by atoms with Crippen molar-refractivity contribution in [3.63, 3.8) is 0 Å². The number of nitrogens with zero attached hydrogens (tertiary/aromatic N) is 4. The molecular formula is C25H27F3N4O3. The number of benzene rings is 2. The van der Waals surface area contributed by atoms with Gasteiger partial charge in [0.15, 0.2) is 0 Å². The number of amides is 1. The number of ether oxygens (including phenoxy) is 1. The van der Waals surface area contributed by atoms with Crippen molar-refractivity contribution in [1.29, 1.82) is 0 Å². The second-order valence-corrected chi connectivity index (χ2v) is 9.44. The third-order valence-electron chi connectivity index (χ3n) is 5.68. The van der Waals surface area contributed by atoms with E-state index in [1.165, 1.54) is 18.2 Å². The van der Waals surface area contributed by atoms with Gasteiger partial charge in [0.2, 0.25) is 0 Å². The summed E-state index contributed by atoms with van der Waals surface area (Å²) in [5, 5.41) is 0.239. The van der Waals surface area contributed by atoms with Gasteiger partial charge >= 0.3 is 12.3 Å². The highest BCUT2D eigenvalue weighted by Crippen LogP contribution is 2.34. The molecule has 2 heterocycles. The van der Waals surface area contributed by atoms with Gasteiger partial charge in [-0.1, -0.05) is 24.3 Å². The van der Waals surface area contributed by atoms with Crippen LogP contribution in [0.5, 0.6) is 0 Å². The Hall–Kier alpha value is -3.40. The number of carbonyl (C=O) groups excluding carboxylic acids is 1. The number of alkyl halides is 3. The Labute approximate surface area is 200 Å². The third-order valence-corrected chi connectivity index (χ3v) is 5.68. The van der Waals surface area contributed by atoms with Gasteiger partial charge in [0, 0.05) is 26.2 Å². The molecule has 1 saturated heterocycles. The fraction of sp³-hybridized carbons (Fsp3) is 0.400. The number of rotatable bonds is 3. The molecule has 186 valence electrons. The largest absolute Gasteiger partial charge is 0.444 e. The number of hydrogen-bond donors (Lipinski definition) is 0. The lowest BCUT2D eigenvalue weighted by Gasteiger charge is -2.35. The maximum absolute atomic E-state index is 13.8. The Balaban J connectivity index is 1.68. The van der Waals surface area contributed by atoms with Crippen LogP contribution < -0.4 is 5.56 Å². The molecule has 1 aliphatic rings. The van der Waals surface area contributed by atoms with Gasteiger partial charge in [0.25, 0.3) is 5.56 Å². The molecule has 35 heavy (non-hydrogen) atoms. The van der Waals surface area contributed by atoms with E-state index in [2.05, 4.69) is 4.98 Å². The average Bonchev–Trinajstić information content (AvgIpc) is 2.78. The first-order valence-electron chi connectivity index (χ1n) is 11.3. The number of halogens is 3. The molecule has 0 bridgehead atoms. The lowest BCUT2D eigenvalue weighted by Crippen LogP contribution is -2.50. The summed E-state index contributed by atoms with van der Waals surface area (Å²) >= 11 is 0. The molecule has 0 atom stereocenters. The van der Waals surface area contributed by atoms with Gasteiger partial charge in [-0.2, -0.15) is 13.2 Å². The van der Waals surface area contributed by atoms with Crippen molar-refractivity contribution in [3.8, 4) is 5.69 Å². The Kier molecular flexibility index (Phi) is 6.59. The first-order valence-corrected chi connectivity index (χ1v) is 11.3. The molecule has 1 aliphatic heterocycles. The summed E-state index contributed by atoms with van der Waals surface area (Å²) in [4.78, 5) is 33.9. The normalized spacial score (nSPS) is 15.4. The van der Waals surface area contributed by atoms with Crippen LogP contribution in [-0.4, -0.2) is 57.2 Å². The monoisotopic (exact) mass is 488 g/mol. The van der Waals surface area contributed by atoms with Crippen LogP contribution in [-0.2, 0) is 17.5 Å². The molecular weight excluding hydrogens is 461 g/mol. The van der Waals surface area contributed by atoms with E-state index < -0.39 is 29.0 Å². The van der Waals surface area contributed by atoms with Crippen LogP contribution in [0.4, 0.5) is 18.0 Å². The van der Waals surface area contributed by atoms with Crippen molar-refractivity contribution >= 4 is 17.0 Å². The van der Waals surface area contributed by atoms with Crippen LogP contribution in [0, 0.1) is 0 Å². The first-order chi connectivity index (χ1) is 16.4. The van der Waals surface area contributed by atoms with Gasteiger partial charge in [-0.15, -0.1) is 0 Å². The number of fused-ring (bicyclic) bond motifs is 1. The first kappa shape index (κ1) is 24.7. The molecule has 0 radical (unpaired) electrons. The Bertz CT molecular complexity index is 1290. The number of aromatic nitrogens is 2. The fourth-order valence-corrected chi connectivity index (χ4v) is 4.06. The van der Waals surface area contributed by atoms with E-state index in [-0.39, 0.29) is 23.4 Å². The lowest BCUT2D eigenvalue weighted by atomic mass is 10.1. The fourth-order valence-electron chi connectivity index (χ4n) is 4.06. The molecule has 0 unspecified atom stereocenters. The zero-order chi connectivity index (χ0) is 25.4. The van der Waals surface area contributed by atoms with Gasteiger partial charge in [0.1, 0.15) is 11.4 Å². The van der Waals surface area contributed by atoms with Gasteiger partial charge in [-0.3, -0.25) is 14.3 Å². The van der Waals surface area contributed by atoms with Crippen molar-refractivity contribution in [2.75, 3.05) is 26.2 Å². The van der Waals surface area contributed by atoms with Gasteiger partial charge in [-0.05, 0) is 45.0 Å². The highest BCUT2D eigenvalue weighted by Gasteiger charge is 2.35. The zero-order valence-corrected chi connectivity index (χ0v) is 19.8. The Morgan fingerprint density at radius 3 is 2.26 bits per heavy atom. The van der Waals surface area contributed by atoms with Crippen LogP contribution >= 0.6 is 0 Å². The lowest BCUT2D eigenvalue weighted by molar-refractivity contribution is -0.137. The smallest absolute Gasteiger partial charge is 0.418 e. The summed E-state index contributed by atoms with van der Waals surface area (Å²) < 4.78 is 47.9. The topological polar surface area (TPSA) is 67.7 Å². The maximum Gasteiger partial charge on any atom is 0.418 e. The van der Waals surface area contributed by atoms with Crippen molar-refractivity contribution in [1.82, 2.24) is 19.4 Å². The molecule has 7 nitrogen and oxygen atoms in total. The van der Waals surface area contributed by atoms with E-state index in [0.29, 0.717) is 31.7 Å². The highest BCUT2D eigenvalue weighted by atomic mass is 19.4. The van der Waals surface area contributed by atoms with Crippen molar-refractivity contribution in [2.45, 2.75) is 39.1 Å². The summed E-state index contributed by atoms with van der Waals surface area (Å²) in [6.45, 7) is 7.25. The molecule has 1 aromatic heterocycles. The Morgan fingerprint density at radius 2 is 1.60 bits per heavy atom. The van der Waals surface area contributed by atoms with Gasteiger partial charge in [0.05, 0.1) is 28.7 Å². The number of piperazine rings is 1. The summed E-state index contributed by atoms with van der Waals surface area (Å²) in [7, 11) is 0. The minimum Gasteiger partial charge on any atom is -0.444 e. The summed E-state index contributed by atoms with van der Waals surface area (Å²) in [5.74, 6) is 0.205. The predicted molar refractivity (Wildman–Crippen MR) is 125 cm³/mol. The number of para-hydroxylation sites is 2. The van der Waals surface area contributed by atoms with E-state index in [0.717, 1.165) is 10.6 Å². The minimum atomic E-state index is -4.64. The van der Waals surface area contributed by atoms with E-state index in [1.54, 1.807) is 49.9 Å². The quantitative estimate of drug-likeness (QED) is 0.545. The summed E-state index contributed by atoms with van der Waals surface area (Å²) in [6.07, 6.45) is -5.05. The van der Waals surface area contributed by atoms with E-state index >= 15 is 0 Å². The van der Waals surface area contributed by atoms with E-state index in [1.807, 2.05) is 4.90 Å². The van der Waals surface area contributed by atoms with E-state index in [4.69, 9.17) is 4.74 Å². The van der Waals surface area contributed by atoms with Crippen molar-refractivity contribution < 1.29 is 22.7 Å².